The molecule has 2 aliphatic rings. The first-order valence-electron chi connectivity index (χ1n) is 6.17. The predicted molar refractivity (Wildman–Crippen MR) is 74.4 cm³/mol. The fraction of sp³-hybridized carbons (Fsp3) is 0.571. The van der Waals surface area contributed by atoms with Gasteiger partial charge in [0, 0.05) is 16.6 Å². The Kier molecular flexibility index (Phi) is 2.62. The second-order valence-corrected chi connectivity index (χ2v) is 6.49. The smallest absolute Gasteiger partial charge is 0.0394 e. The number of likely N-dealkylation sites (N-methyl/N-ethyl adjacent to an activating group) is 2. The Labute approximate surface area is 112 Å². The molecular weight excluding hydrogens is 276 g/mol. The highest BCUT2D eigenvalue weighted by Gasteiger charge is 2.38. The van der Waals surface area contributed by atoms with Gasteiger partial charge in [-0.2, -0.15) is 0 Å². The van der Waals surface area contributed by atoms with Crippen LogP contribution >= 0.6 is 15.9 Å². The van der Waals surface area contributed by atoms with Gasteiger partial charge in [0.15, 0.2) is 0 Å². The Morgan fingerprint density at radius 1 is 0.941 bits per heavy atom. The van der Waals surface area contributed by atoms with Gasteiger partial charge in [0.05, 0.1) is 0 Å². The van der Waals surface area contributed by atoms with Crippen LogP contribution in [0, 0.1) is 0 Å². The zero-order chi connectivity index (χ0) is 12.3. The van der Waals surface area contributed by atoms with Gasteiger partial charge in [0.2, 0.25) is 0 Å². The van der Waals surface area contributed by atoms with Crippen LogP contribution in [0.3, 0.4) is 0 Å². The highest BCUT2D eigenvalue weighted by atomic mass is 79.9. The number of benzene rings is 1. The average Bonchev–Trinajstić information content (AvgIpc) is 2.43. The van der Waals surface area contributed by atoms with Crippen LogP contribution in [0.2, 0.25) is 0 Å². The molecule has 0 heterocycles. The van der Waals surface area contributed by atoms with E-state index in [-0.39, 0.29) is 0 Å². The highest BCUT2D eigenvalue weighted by Crippen LogP contribution is 2.50. The molecule has 3 rings (SSSR count). The van der Waals surface area contributed by atoms with E-state index in [9.17, 15) is 0 Å². The second kappa shape index (κ2) is 3.81. The van der Waals surface area contributed by atoms with Crippen LogP contribution in [-0.2, 0) is 12.8 Å². The normalized spacial score (nSPS) is 25.4. The maximum atomic E-state index is 3.79. The van der Waals surface area contributed by atoms with Crippen LogP contribution in [0.4, 0.5) is 0 Å². The fourth-order valence-electron chi connectivity index (χ4n) is 3.19. The summed E-state index contributed by atoms with van der Waals surface area (Å²) in [5, 5.41) is 0. The first kappa shape index (κ1) is 11.7. The fourth-order valence-corrected chi connectivity index (χ4v) is 3.97. The summed E-state index contributed by atoms with van der Waals surface area (Å²) in [5.74, 6) is 0. The Hall–Kier alpha value is -0.380. The lowest BCUT2D eigenvalue weighted by molar-refractivity contribution is 0.269. The Morgan fingerprint density at radius 3 is 2.06 bits per heavy atom. The van der Waals surface area contributed by atoms with E-state index >= 15 is 0 Å². The van der Waals surface area contributed by atoms with E-state index in [4.69, 9.17) is 0 Å². The minimum Gasteiger partial charge on any atom is -0.302 e. The molecule has 0 spiro atoms. The van der Waals surface area contributed by atoms with Crippen LogP contribution in [0.1, 0.15) is 34.3 Å². The van der Waals surface area contributed by atoms with Crippen LogP contribution < -0.4 is 0 Å². The summed E-state index contributed by atoms with van der Waals surface area (Å²) in [5.41, 5.74) is 6.21. The number of fused-ring (bicyclic) bond motifs is 4. The topological polar surface area (TPSA) is 6.48 Å². The Balaban J connectivity index is 2.06. The maximum absolute atomic E-state index is 3.79. The van der Waals surface area contributed by atoms with Crippen LogP contribution in [0.5, 0.6) is 0 Å². The highest BCUT2D eigenvalue weighted by molar-refractivity contribution is 9.10. The molecule has 0 amide bonds. The summed E-state index contributed by atoms with van der Waals surface area (Å²) in [6.45, 7) is 0. The van der Waals surface area contributed by atoms with E-state index in [1.807, 2.05) is 0 Å². The first-order chi connectivity index (χ1) is 8.00. The van der Waals surface area contributed by atoms with Gasteiger partial charge in [-0.05, 0) is 63.3 Å². The molecule has 1 aromatic carbocycles. The average molecular weight is 295 g/mol. The number of nitrogens with zero attached hydrogens (tertiary/aromatic N) is 2. The zero-order valence-electron chi connectivity index (χ0n) is 10.9. The predicted octanol–water partition coefficient (Wildman–Crippen LogP) is 2.77. The standard InChI is InChI=1S/C14H19BrN2/c1-16(2)12-6-8-9(12)5-11-13(17(3)4)7-10(8)14(11)15/h5,12-13H,6-7H2,1-4H3. The maximum Gasteiger partial charge on any atom is 0.0394 e. The van der Waals surface area contributed by atoms with Crippen molar-refractivity contribution in [2.75, 3.05) is 28.2 Å². The van der Waals surface area contributed by atoms with Gasteiger partial charge in [-0.3, -0.25) is 0 Å². The molecule has 1 aromatic rings. The van der Waals surface area contributed by atoms with Crippen molar-refractivity contribution in [3.05, 3.63) is 32.8 Å². The first-order valence-corrected chi connectivity index (χ1v) is 6.97. The van der Waals surface area contributed by atoms with Crippen LogP contribution in [-0.4, -0.2) is 38.0 Å². The number of halogens is 1. The molecule has 0 fully saturated rings. The van der Waals surface area contributed by atoms with Crippen molar-refractivity contribution in [3.8, 4) is 0 Å². The zero-order valence-corrected chi connectivity index (χ0v) is 12.5. The monoisotopic (exact) mass is 294 g/mol. The van der Waals surface area contributed by atoms with Crippen LogP contribution in [0.25, 0.3) is 0 Å². The van der Waals surface area contributed by atoms with Crippen molar-refractivity contribution in [1.82, 2.24) is 9.80 Å². The van der Waals surface area contributed by atoms with E-state index in [0.29, 0.717) is 12.1 Å². The van der Waals surface area contributed by atoms with Gasteiger partial charge in [-0.15, -0.1) is 0 Å². The van der Waals surface area contributed by atoms with Gasteiger partial charge < -0.3 is 9.80 Å². The van der Waals surface area contributed by atoms with E-state index < -0.39 is 0 Å². The van der Waals surface area contributed by atoms with Crippen LogP contribution in [0.15, 0.2) is 10.5 Å². The molecule has 2 atom stereocenters. The molecular formula is C14H19BrN2. The molecule has 0 saturated carbocycles. The van der Waals surface area contributed by atoms with E-state index in [1.165, 1.54) is 22.9 Å². The molecule has 3 heteroatoms. The molecule has 2 bridgehead atoms. The Morgan fingerprint density at radius 2 is 1.47 bits per heavy atom. The minimum atomic E-state index is 0.563. The molecule has 17 heavy (non-hydrogen) atoms. The van der Waals surface area contributed by atoms with E-state index in [2.05, 4.69) is 60.0 Å². The van der Waals surface area contributed by atoms with Gasteiger partial charge in [0.25, 0.3) is 0 Å². The molecule has 2 unspecified atom stereocenters. The van der Waals surface area contributed by atoms with E-state index in [1.54, 1.807) is 16.7 Å². The summed E-state index contributed by atoms with van der Waals surface area (Å²) in [4.78, 5) is 4.66. The summed E-state index contributed by atoms with van der Waals surface area (Å²) in [6, 6.07) is 3.62. The third-order valence-corrected chi connectivity index (χ3v) is 5.24. The summed E-state index contributed by atoms with van der Waals surface area (Å²) >= 11 is 3.79. The molecule has 2 nitrogen and oxygen atoms in total. The molecule has 2 aliphatic carbocycles. The van der Waals surface area contributed by atoms with Crippen molar-refractivity contribution in [1.29, 1.82) is 0 Å². The molecule has 92 valence electrons. The molecule has 0 aromatic heterocycles. The van der Waals surface area contributed by atoms with Crippen molar-refractivity contribution in [2.24, 2.45) is 0 Å². The van der Waals surface area contributed by atoms with Crippen molar-refractivity contribution >= 4 is 15.9 Å². The van der Waals surface area contributed by atoms with Crippen molar-refractivity contribution < 1.29 is 0 Å². The Bertz CT molecular complexity index is 480. The quantitative estimate of drug-likeness (QED) is 0.828. The molecule has 0 saturated heterocycles. The van der Waals surface area contributed by atoms with Gasteiger partial charge in [0.1, 0.15) is 0 Å². The largest absolute Gasteiger partial charge is 0.302 e. The lowest BCUT2D eigenvalue weighted by Gasteiger charge is -2.36. The minimum absolute atomic E-state index is 0.563. The third-order valence-electron chi connectivity index (χ3n) is 4.30. The second-order valence-electron chi connectivity index (χ2n) is 5.69. The van der Waals surface area contributed by atoms with Gasteiger partial charge in [-0.1, -0.05) is 22.0 Å². The van der Waals surface area contributed by atoms with Crippen molar-refractivity contribution in [2.45, 2.75) is 24.9 Å². The summed E-state index contributed by atoms with van der Waals surface area (Å²) in [6.07, 6.45) is 2.40. The lowest BCUT2D eigenvalue weighted by Crippen LogP contribution is -2.31. The van der Waals surface area contributed by atoms with Crippen molar-refractivity contribution in [3.63, 3.8) is 0 Å². The van der Waals surface area contributed by atoms with E-state index in [0.717, 1.165) is 0 Å². The molecule has 0 aliphatic heterocycles. The SMILES string of the molecule is CN(C)C1Cc2c(Br)c1cc1c2CC1N(C)C. The molecule has 0 radical (unpaired) electrons. The number of hydrogen-bond donors (Lipinski definition) is 0. The van der Waals surface area contributed by atoms with Gasteiger partial charge in [-0.25, -0.2) is 0 Å². The number of hydrogen-bond acceptors (Lipinski definition) is 2. The van der Waals surface area contributed by atoms with Gasteiger partial charge >= 0.3 is 0 Å². The third kappa shape index (κ3) is 1.52. The summed E-state index contributed by atoms with van der Waals surface area (Å²) < 4.78 is 1.37. The molecule has 0 N–H and O–H groups in total. The number of rotatable bonds is 2. The summed E-state index contributed by atoms with van der Waals surface area (Å²) in [7, 11) is 8.70. The lowest BCUT2D eigenvalue weighted by atomic mass is 9.80.